The molecule has 0 spiro atoms. The van der Waals surface area contributed by atoms with Gasteiger partial charge in [-0.2, -0.15) is 0 Å². The Morgan fingerprint density at radius 2 is 1.64 bits per heavy atom. The number of amides is 1. The van der Waals surface area contributed by atoms with Crippen molar-refractivity contribution >= 4 is 24.4 Å². The number of carboxylic acid groups (broad SMARTS) is 1. The molecule has 2 N–H and O–H groups in total. The third kappa shape index (κ3) is 12.1. The van der Waals surface area contributed by atoms with E-state index in [2.05, 4.69) is 5.32 Å². The molecule has 0 fully saturated rings. The third-order valence-electron chi connectivity index (χ3n) is 3.39. The number of hydrogen-bond donors (Lipinski definition) is 2. The molecule has 0 unspecified atom stereocenters. The lowest BCUT2D eigenvalue weighted by molar-refractivity contribution is -0.142. The molecule has 0 aliphatic heterocycles. The molecule has 0 rings (SSSR count). The fraction of sp³-hybridized carbons (Fsp3) is 0.750. The largest absolute Gasteiger partial charge is 0.480 e. The minimum atomic E-state index is -1.13. The molecule has 0 aromatic heterocycles. The smallest absolute Gasteiger partial charge is 0.326 e. The Morgan fingerprint density at radius 1 is 1.05 bits per heavy atom. The SMILES string of the molecule is O=[C]CC[C@H](NC(=O)CCCCCCCCCC=O)C(=O)O. The molecule has 0 heterocycles. The van der Waals surface area contributed by atoms with Gasteiger partial charge in [0.05, 0.1) is 0 Å². The van der Waals surface area contributed by atoms with E-state index in [1.165, 1.54) is 0 Å². The van der Waals surface area contributed by atoms with Crippen molar-refractivity contribution in [2.24, 2.45) is 0 Å². The lowest BCUT2D eigenvalue weighted by Gasteiger charge is -2.12. The number of aliphatic carboxylic acids is 1. The zero-order valence-corrected chi connectivity index (χ0v) is 13.0. The van der Waals surface area contributed by atoms with Gasteiger partial charge in [-0.05, 0) is 19.3 Å². The van der Waals surface area contributed by atoms with Gasteiger partial charge >= 0.3 is 5.97 Å². The number of hydrogen-bond acceptors (Lipinski definition) is 4. The predicted octanol–water partition coefficient (Wildman–Crippen LogP) is 2.16. The van der Waals surface area contributed by atoms with Crippen LogP contribution in [0.4, 0.5) is 0 Å². The molecule has 0 saturated carbocycles. The number of carbonyl (C=O) groups excluding carboxylic acids is 3. The minimum absolute atomic E-state index is 0.00134. The van der Waals surface area contributed by atoms with Crippen LogP contribution in [-0.2, 0) is 19.2 Å². The predicted molar refractivity (Wildman–Crippen MR) is 82.1 cm³/mol. The summed E-state index contributed by atoms with van der Waals surface area (Å²) >= 11 is 0. The number of aldehydes is 1. The number of carboxylic acids is 1. The summed E-state index contributed by atoms with van der Waals surface area (Å²) in [5.74, 6) is -1.41. The standard InChI is InChI=1S/C16H26NO5/c18-12-8-6-4-2-1-3-5-7-11-15(20)17-14(16(21)22)10-9-13-19/h12,14H,1-11H2,(H,17,20)(H,21,22)/t14-/m0/s1. The Kier molecular flexibility index (Phi) is 13.1. The van der Waals surface area contributed by atoms with E-state index < -0.39 is 12.0 Å². The molecule has 0 aliphatic carbocycles. The van der Waals surface area contributed by atoms with Crippen LogP contribution in [-0.4, -0.2) is 35.6 Å². The summed E-state index contributed by atoms with van der Waals surface area (Å²) in [5, 5.41) is 11.3. The number of carbonyl (C=O) groups is 3. The molecule has 6 heteroatoms. The number of rotatable bonds is 15. The molecular weight excluding hydrogens is 286 g/mol. The summed E-state index contributed by atoms with van der Waals surface area (Å²) < 4.78 is 0. The van der Waals surface area contributed by atoms with Gasteiger partial charge in [-0.25, -0.2) is 4.79 Å². The highest BCUT2D eigenvalue weighted by molar-refractivity contribution is 5.83. The Hall–Kier alpha value is -1.72. The summed E-state index contributed by atoms with van der Waals surface area (Å²) in [5.41, 5.74) is 0. The van der Waals surface area contributed by atoms with Crippen molar-refractivity contribution in [3.8, 4) is 0 Å². The second kappa shape index (κ2) is 14.2. The second-order valence-corrected chi connectivity index (χ2v) is 5.32. The van der Waals surface area contributed by atoms with Crippen molar-refractivity contribution in [3.05, 3.63) is 0 Å². The molecule has 6 nitrogen and oxygen atoms in total. The maximum atomic E-state index is 11.6. The van der Waals surface area contributed by atoms with Crippen molar-refractivity contribution in [2.75, 3.05) is 0 Å². The Balaban J connectivity index is 3.60. The van der Waals surface area contributed by atoms with Crippen molar-refractivity contribution in [1.29, 1.82) is 0 Å². The van der Waals surface area contributed by atoms with Crippen LogP contribution in [0.1, 0.15) is 70.6 Å². The van der Waals surface area contributed by atoms with Gasteiger partial charge in [0.2, 0.25) is 5.91 Å². The maximum absolute atomic E-state index is 11.6. The van der Waals surface area contributed by atoms with E-state index in [9.17, 15) is 19.2 Å². The van der Waals surface area contributed by atoms with Crippen LogP contribution >= 0.6 is 0 Å². The molecule has 1 radical (unpaired) electrons. The average Bonchev–Trinajstić information content (AvgIpc) is 2.49. The highest BCUT2D eigenvalue weighted by Crippen LogP contribution is 2.09. The lowest BCUT2D eigenvalue weighted by atomic mass is 10.1. The molecule has 0 aliphatic rings. The summed E-state index contributed by atoms with van der Waals surface area (Å²) in [4.78, 5) is 42.8. The fourth-order valence-corrected chi connectivity index (χ4v) is 2.12. The topological polar surface area (TPSA) is 101 Å². The molecule has 0 aromatic rings. The van der Waals surface area contributed by atoms with Gasteiger partial charge in [0.15, 0.2) is 6.29 Å². The van der Waals surface area contributed by atoms with Crippen LogP contribution in [0.5, 0.6) is 0 Å². The van der Waals surface area contributed by atoms with Crippen LogP contribution in [0.3, 0.4) is 0 Å². The van der Waals surface area contributed by atoms with Crippen molar-refractivity contribution < 1.29 is 24.3 Å². The lowest BCUT2D eigenvalue weighted by Crippen LogP contribution is -2.40. The monoisotopic (exact) mass is 312 g/mol. The second-order valence-electron chi connectivity index (χ2n) is 5.32. The summed E-state index contributed by atoms with van der Waals surface area (Å²) in [6, 6.07) is -1.01. The first-order chi connectivity index (χ1) is 10.6. The molecule has 0 saturated heterocycles. The van der Waals surface area contributed by atoms with Gasteiger partial charge in [0.25, 0.3) is 0 Å². The number of nitrogens with one attached hydrogen (secondary N) is 1. The molecule has 125 valence electrons. The Labute approximate surface area is 131 Å². The van der Waals surface area contributed by atoms with Crippen LogP contribution in [0.25, 0.3) is 0 Å². The van der Waals surface area contributed by atoms with Crippen LogP contribution in [0.15, 0.2) is 0 Å². The quantitative estimate of drug-likeness (QED) is 0.356. The molecule has 1 amide bonds. The first-order valence-electron chi connectivity index (χ1n) is 7.92. The zero-order chi connectivity index (χ0) is 16.6. The van der Waals surface area contributed by atoms with E-state index in [0.29, 0.717) is 12.8 Å². The van der Waals surface area contributed by atoms with E-state index in [4.69, 9.17) is 5.11 Å². The number of unbranched alkanes of at least 4 members (excludes halogenated alkanes) is 7. The summed E-state index contributed by atoms with van der Waals surface area (Å²) in [7, 11) is 0. The normalized spacial score (nSPS) is 11.6. The van der Waals surface area contributed by atoms with E-state index in [-0.39, 0.29) is 18.7 Å². The molecule has 0 aromatic carbocycles. The Morgan fingerprint density at radius 3 is 2.18 bits per heavy atom. The van der Waals surface area contributed by atoms with Crippen LogP contribution < -0.4 is 5.32 Å². The van der Waals surface area contributed by atoms with Gasteiger partial charge < -0.3 is 15.2 Å². The van der Waals surface area contributed by atoms with Gasteiger partial charge in [0.1, 0.15) is 12.3 Å². The maximum Gasteiger partial charge on any atom is 0.326 e. The van der Waals surface area contributed by atoms with E-state index in [1.807, 2.05) is 0 Å². The van der Waals surface area contributed by atoms with Gasteiger partial charge in [0, 0.05) is 19.3 Å². The molecule has 1 atom stereocenters. The van der Waals surface area contributed by atoms with Crippen LogP contribution in [0.2, 0.25) is 0 Å². The zero-order valence-electron chi connectivity index (χ0n) is 13.0. The molecular formula is C16H26NO5. The van der Waals surface area contributed by atoms with E-state index in [0.717, 1.165) is 51.2 Å². The van der Waals surface area contributed by atoms with Crippen molar-refractivity contribution in [1.82, 2.24) is 5.32 Å². The van der Waals surface area contributed by atoms with Crippen LogP contribution in [0, 0.1) is 0 Å². The third-order valence-corrected chi connectivity index (χ3v) is 3.39. The minimum Gasteiger partial charge on any atom is -0.480 e. The van der Waals surface area contributed by atoms with Gasteiger partial charge in [-0.15, -0.1) is 0 Å². The Bertz CT molecular complexity index is 343. The average molecular weight is 312 g/mol. The summed E-state index contributed by atoms with van der Waals surface area (Å²) in [6.45, 7) is 0. The highest BCUT2D eigenvalue weighted by atomic mass is 16.4. The van der Waals surface area contributed by atoms with Crippen molar-refractivity contribution in [3.63, 3.8) is 0 Å². The van der Waals surface area contributed by atoms with Crippen molar-refractivity contribution in [2.45, 2.75) is 76.7 Å². The van der Waals surface area contributed by atoms with E-state index in [1.54, 1.807) is 6.29 Å². The molecule has 0 bridgehead atoms. The molecule has 22 heavy (non-hydrogen) atoms. The first kappa shape index (κ1) is 20.3. The first-order valence-corrected chi connectivity index (χ1v) is 7.92. The highest BCUT2D eigenvalue weighted by Gasteiger charge is 2.18. The summed E-state index contributed by atoms with van der Waals surface area (Å²) in [6.07, 6.45) is 10.5. The van der Waals surface area contributed by atoms with Gasteiger partial charge in [-0.3, -0.25) is 9.59 Å². The van der Waals surface area contributed by atoms with E-state index >= 15 is 0 Å². The van der Waals surface area contributed by atoms with Gasteiger partial charge in [-0.1, -0.05) is 32.1 Å². The fourth-order valence-electron chi connectivity index (χ4n) is 2.12.